The fraction of sp³-hybridized carbons (Fsp3) is 0.176. The molecule has 120 valence electrons. The van der Waals surface area contributed by atoms with Crippen LogP contribution >= 0.6 is 0 Å². The highest BCUT2D eigenvalue weighted by molar-refractivity contribution is 6.06. The van der Waals surface area contributed by atoms with Crippen LogP contribution in [0.25, 0.3) is 0 Å². The number of carbonyl (C=O) groups excluding carboxylic acids is 2. The Kier molecular flexibility index (Phi) is 5.16. The molecule has 0 bridgehead atoms. The first-order chi connectivity index (χ1) is 10.8. The van der Waals surface area contributed by atoms with E-state index in [1.54, 1.807) is 24.3 Å². The summed E-state index contributed by atoms with van der Waals surface area (Å²) in [6, 6.07) is 16.5. The Balaban J connectivity index is 1.92. The Bertz CT molecular complexity index is 679. The average molecular weight is 321 g/mol. The van der Waals surface area contributed by atoms with Gasteiger partial charge in [0.2, 0.25) is 11.7 Å². The Hall–Kier alpha value is -2.63. The van der Waals surface area contributed by atoms with Crippen LogP contribution in [0.5, 0.6) is 0 Å². The van der Waals surface area contributed by atoms with Crippen molar-refractivity contribution in [1.29, 1.82) is 0 Å². The molecule has 0 spiro atoms. The fourth-order valence-electron chi connectivity index (χ4n) is 1.99. The first kappa shape index (κ1) is 16.7. The van der Waals surface area contributed by atoms with E-state index in [-0.39, 0.29) is 0 Å². The molecule has 0 fully saturated rings. The van der Waals surface area contributed by atoms with E-state index < -0.39 is 24.3 Å². The number of hydrogen-bond acceptors (Lipinski definition) is 2. The van der Waals surface area contributed by atoms with Crippen molar-refractivity contribution < 1.29 is 22.8 Å². The lowest BCUT2D eigenvalue weighted by molar-refractivity contribution is -0.171. The van der Waals surface area contributed by atoms with Crippen molar-refractivity contribution in [2.75, 3.05) is 5.32 Å². The van der Waals surface area contributed by atoms with Gasteiger partial charge in [-0.3, -0.25) is 9.59 Å². The number of carbonyl (C=O) groups is 2. The summed E-state index contributed by atoms with van der Waals surface area (Å²) < 4.78 is 36.2. The van der Waals surface area contributed by atoms with E-state index in [9.17, 15) is 22.8 Å². The molecule has 0 aliphatic carbocycles. The highest BCUT2D eigenvalue weighted by atomic mass is 19.4. The Labute approximate surface area is 131 Å². The van der Waals surface area contributed by atoms with Gasteiger partial charge in [0.05, 0.1) is 6.42 Å². The highest BCUT2D eigenvalue weighted by Gasteiger charge is 2.39. The molecule has 2 aromatic carbocycles. The standard InChI is InChI=1S/C17H14F3NO2/c18-17(19,20)15(22)11-16(23)21-14-8-6-13(7-9-14)10-12-4-2-1-3-5-12/h1-9H,10-11H2,(H,21,23). The zero-order valence-corrected chi connectivity index (χ0v) is 12.1. The summed E-state index contributed by atoms with van der Waals surface area (Å²) in [7, 11) is 0. The van der Waals surface area contributed by atoms with Gasteiger partial charge in [0.1, 0.15) is 0 Å². The van der Waals surface area contributed by atoms with Crippen molar-refractivity contribution in [1.82, 2.24) is 0 Å². The lowest BCUT2D eigenvalue weighted by Crippen LogP contribution is -2.27. The van der Waals surface area contributed by atoms with E-state index in [1.165, 1.54) is 0 Å². The summed E-state index contributed by atoms with van der Waals surface area (Å²) in [5.74, 6) is -3.04. The zero-order chi connectivity index (χ0) is 16.9. The number of ketones is 1. The molecule has 0 atom stereocenters. The summed E-state index contributed by atoms with van der Waals surface area (Å²) in [5, 5.41) is 2.28. The van der Waals surface area contributed by atoms with Crippen molar-refractivity contribution >= 4 is 17.4 Å². The molecule has 0 aliphatic rings. The van der Waals surface area contributed by atoms with Gasteiger partial charge in [-0.05, 0) is 29.7 Å². The molecule has 0 aliphatic heterocycles. The van der Waals surface area contributed by atoms with Crippen molar-refractivity contribution in [2.45, 2.75) is 19.0 Å². The number of alkyl halides is 3. The molecular weight excluding hydrogens is 307 g/mol. The van der Waals surface area contributed by atoms with Gasteiger partial charge < -0.3 is 5.32 Å². The molecule has 0 heterocycles. The third kappa shape index (κ3) is 5.25. The first-order valence-electron chi connectivity index (χ1n) is 6.87. The Morgan fingerprint density at radius 3 is 2.00 bits per heavy atom. The lowest BCUT2D eigenvalue weighted by Gasteiger charge is -2.08. The van der Waals surface area contributed by atoms with Gasteiger partial charge in [-0.15, -0.1) is 0 Å². The topological polar surface area (TPSA) is 46.2 Å². The van der Waals surface area contributed by atoms with Gasteiger partial charge in [0.15, 0.2) is 0 Å². The van der Waals surface area contributed by atoms with Crippen molar-refractivity contribution in [3.63, 3.8) is 0 Å². The molecule has 2 rings (SSSR count). The number of benzene rings is 2. The molecule has 2 aromatic rings. The van der Waals surface area contributed by atoms with Gasteiger partial charge >= 0.3 is 6.18 Å². The second-order valence-corrected chi connectivity index (χ2v) is 5.01. The minimum absolute atomic E-state index is 0.349. The van der Waals surface area contributed by atoms with E-state index >= 15 is 0 Å². The molecule has 0 saturated heterocycles. The minimum atomic E-state index is -4.99. The largest absolute Gasteiger partial charge is 0.450 e. The normalized spacial score (nSPS) is 11.1. The summed E-state index contributed by atoms with van der Waals surface area (Å²) in [5.41, 5.74) is 2.47. The minimum Gasteiger partial charge on any atom is -0.326 e. The third-order valence-electron chi connectivity index (χ3n) is 3.13. The number of Topliss-reactive ketones (excluding diaryl/α,β-unsaturated/α-hetero) is 1. The molecule has 0 unspecified atom stereocenters. The van der Waals surface area contributed by atoms with Gasteiger partial charge in [-0.1, -0.05) is 42.5 Å². The van der Waals surface area contributed by atoms with Crippen LogP contribution in [-0.4, -0.2) is 17.9 Å². The summed E-state index contributed by atoms with van der Waals surface area (Å²) in [6.45, 7) is 0. The predicted octanol–water partition coefficient (Wildman–Crippen LogP) is 3.74. The van der Waals surface area contributed by atoms with Crippen LogP contribution in [0, 0.1) is 0 Å². The van der Waals surface area contributed by atoms with E-state index in [0.717, 1.165) is 11.1 Å². The molecule has 6 heteroatoms. The third-order valence-corrected chi connectivity index (χ3v) is 3.13. The molecule has 23 heavy (non-hydrogen) atoms. The average Bonchev–Trinajstić information content (AvgIpc) is 2.49. The smallest absolute Gasteiger partial charge is 0.326 e. The number of amides is 1. The predicted molar refractivity (Wildman–Crippen MR) is 80.0 cm³/mol. The van der Waals surface area contributed by atoms with E-state index in [4.69, 9.17) is 0 Å². The Morgan fingerprint density at radius 1 is 0.870 bits per heavy atom. The SMILES string of the molecule is O=C(CC(=O)C(F)(F)F)Nc1ccc(Cc2ccccc2)cc1. The second kappa shape index (κ2) is 7.09. The van der Waals surface area contributed by atoms with Crippen LogP contribution in [0.1, 0.15) is 17.5 Å². The maximum Gasteiger partial charge on any atom is 0.450 e. The van der Waals surface area contributed by atoms with Crippen LogP contribution in [0.4, 0.5) is 18.9 Å². The molecule has 0 radical (unpaired) electrons. The van der Waals surface area contributed by atoms with Crippen LogP contribution in [0.2, 0.25) is 0 Å². The quantitative estimate of drug-likeness (QED) is 0.853. The number of rotatable bonds is 5. The second-order valence-electron chi connectivity index (χ2n) is 5.01. The fourth-order valence-corrected chi connectivity index (χ4v) is 1.99. The summed E-state index contributed by atoms with van der Waals surface area (Å²) >= 11 is 0. The number of hydrogen-bond donors (Lipinski definition) is 1. The van der Waals surface area contributed by atoms with Crippen molar-refractivity contribution in [3.8, 4) is 0 Å². The first-order valence-corrected chi connectivity index (χ1v) is 6.87. The van der Waals surface area contributed by atoms with Crippen LogP contribution < -0.4 is 5.32 Å². The molecule has 0 aromatic heterocycles. The maximum atomic E-state index is 12.1. The lowest BCUT2D eigenvalue weighted by atomic mass is 10.0. The van der Waals surface area contributed by atoms with Gasteiger partial charge in [-0.25, -0.2) is 0 Å². The van der Waals surface area contributed by atoms with Crippen LogP contribution in [0.3, 0.4) is 0 Å². The maximum absolute atomic E-state index is 12.1. The van der Waals surface area contributed by atoms with Crippen molar-refractivity contribution in [3.05, 3.63) is 65.7 Å². The molecule has 1 N–H and O–H groups in total. The van der Waals surface area contributed by atoms with Crippen LogP contribution in [-0.2, 0) is 16.0 Å². The number of halogens is 3. The molecule has 3 nitrogen and oxygen atoms in total. The number of anilines is 1. The van der Waals surface area contributed by atoms with E-state index in [0.29, 0.717) is 12.1 Å². The molecular formula is C17H14F3NO2. The van der Waals surface area contributed by atoms with Crippen molar-refractivity contribution in [2.24, 2.45) is 0 Å². The zero-order valence-electron chi connectivity index (χ0n) is 12.1. The van der Waals surface area contributed by atoms with E-state index in [1.807, 2.05) is 30.3 Å². The Morgan fingerprint density at radius 2 is 1.43 bits per heavy atom. The highest BCUT2D eigenvalue weighted by Crippen LogP contribution is 2.19. The van der Waals surface area contributed by atoms with Crippen LogP contribution in [0.15, 0.2) is 54.6 Å². The monoisotopic (exact) mass is 321 g/mol. The van der Waals surface area contributed by atoms with E-state index in [2.05, 4.69) is 5.32 Å². The summed E-state index contributed by atoms with van der Waals surface area (Å²) in [6.07, 6.45) is -5.49. The van der Waals surface area contributed by atoms with Gasteiger partial charge in [-0.2, -0.15) is 13.2 Å². The number of nitrogens with one attached hydrogen (secondary N) is 1. The summed E-state index contributed by atoms with van der Waals surface area (Å²) in [4.78, 5) is 22.2. The molecule has 0 saturated carbocycles. The van der Waals surface area contributed by atoms with Gasteiger partial charge in [0, 0.05) is 5.69 Å². The molecule has 1 amide bonds. The van der Waals surface area contributed by atoms with Gasteiger partial charge in [0.25, 0.3) is 0 Å².